The first-order valence-corrected chi connectivity index (χ1v) is 13.2. The highest BCUT2D eigenvalue weighted by atomic mass is 19.1. The highest BCUT2D eigenvalue weighted by molar-refractivity contribution is 6.10. The monoisotopic (exact) mass is 528 g/mol. The van der Waals surface area contributed by atoms with Crippen molar-refractivity contribution in [3.05, 3.63) is 88.1 Å². The zero-order valence-electron chi connectivity index (χ0n) is 22.1. The number of H-pyrrole nitrogens is 1. The van der Waals surface area contributed by atoms with Gasteiger partial charge in [-0.25, -0.2) is 8.78 Å². The fourth-order valence-electron chi connectivity index (χ4n) is 5.82. The number of hydrogen-bond acceptors (Lipinski definition) is 4. The molecular weight excluding hydrogens is 498 g/mol. The van der Waals surface area contributed by atoms with Gasteiger partial charge in [0.2, 0.25) is 5.91 Å². The maximum absolute atomic E-state index is 14.7. The highest BCUT2D eigenvalue weighted by Gasteiger charge is 2.65. The first-order chi connectivity index (χ1) is 18.9. The van der Waals surface area contributed by atoms with Gasteiger partial charge in [0.05, 0.1) is 23.7 Å². The molecule has 1 saturated carbocycles. The Balaban J connectivity index is 1.24. The van der Waals surface area contributed by atoms with E-state index in [-0.39, 0.29) is 23.9 Å². The topological polar surface area (TPSA) is 70.2 Å². The minimum absolute atomic E-state index is 0.0201. The van der Waals surface area contributed by atoms with Gasteiger partial charge in [0.15, 0.2) is 0 Å². The van der Waals surface area contributed by atoms with Crippen LogP contribution in [0.2, 0.25) is 0 Å². The molecule has 2 aliphatic rings. The molecule has 0 radical (unpaired) electrons. The molecule has 4 aromatic rings. The van der Waals surface area contributed by atoms with Crippen LogP contribution in [0.1, 0.15) is 54.1 Å². The molecule has 2 atom stereocenters. The summed E-state index contributed by atoms with van der Waals surface area (Å²) >= 11 is 0. The predicted octanol–water partition coefficient (Wildman–Crippen LogP) is 6.24. The lowest BCUT2D eigenvalue weighted by Crippen LogP contribution is -2.23. The van der Waals surface area contributed by atoms with E-state index in [1.165, 1.54) is 12.1 Å². The van der Waals surface area contributed by atoms with Crippen LogP contribution in [-0.4, -0.2) is 41.2 Å². The summed E-state index contributed by atoms with van der Waals surface area (Å²) in [4.78, 5) is 15.0. The third kappa shape index (κ3) is 4.19. The third-order valence-electron chi connectivity index (χ3n) is 8.21. The van der Waals surface area contributed by atoms with Crippen molar-refractivity contribution in [2.24, 2.45) is 0 Å². The van der Waals surface area contributed by atoms with Crippen molar-refractivity contribution < 1.29 is 18.3 Å². The number of carbonyl (C=O) groups is 1. The Morgan fingerprint density at radius 2 is 1.85 bits per heavy atom. The maximum Gasteiger partial charge on any atom is 0.235 e. The number of methoxy groups -OCH3 is 1. The van der Waals surface area contributed by atoms with Gasteiger partial charge in [-0.15, -0.1) is 0 Å². The number of nitrogens with zero attached hydrogens (tertiary/aromatic N) is 2. The van der Waals surface area contributed by atoms with Crippen LogP contribution in [0.4, 0.5) is 14.5 Å². The number of hydrogen-bond donors (Lipinski definition) is 2. The Kier molecular flexibility index (Phi) is 6.22. The molecule has 1 spiro atoms. The van der Waals surface area contributed by atoms with E-state index >= 15 is 0 Å². The lowest BCUT2D eigenvalue weighted by atomic mass is 9.91. The number of carbonyl (C=O) groups excluding carboxylic acids is 1. The SMILES string of the molecule is CCN(CC)Cc1c(F)cc(/C=C/c2n[nH]c3cc([C@@H]4CC45C(=O)Nc4ccc(OC)cc45)ccc23)cc1F. The molecule has 1 aromatic heterocycles. The quantitative estimate of drug-likeness (QED) is 0.284. The fraction of sp³-hybridized carbons (Fsp3) is 0.290. The summed E-state index contributed by atoms with van der Waals surface area (Å²) in [6.07, 6.45) is 4.15. The first-order valence-electron chi connectivity index (χ1n) is 13.2. The van der Waals surface area contributed by atoms with Gasteiger partial charge >= 0.3 is 0 Å². The summed E-state index contributed by atoms with van der Waals surface area (Å²) < 4.78 is 34.8. The number of halogens is 2. The molecule has 1 unspecified atom stereocenters. The maximum atomic E-state index is 14.7. The van der Waals surface area contributed by atoms with Crippen LogP contribution < -0.4 is 10.1 Å². The normalized spacial score (nSPS) is 19.8. The van der Waals surface area contributed by atoms with Gasteiger partial charge in [-0.05, 0) is 78.7 Å². The van der Waals surface area contributed by atoms with E-state index in [0.717, 1.165) is 53.0 Å². The van der Waals surface area contributed by atoms with Crippen molar-refractivity contribution in [2.75, 3.05) is 25.5 Å². The van der Waals surface area contributed by atoms with Gasteiger partial charge in [-0.1, -0.05) is 32.1 Å². The van der Waals surface area contributed by atoms with E-state index in [1.807, 2.05) is 55.1 Å². The third-order valence-corrected chi connectivity index (χ3v) is 8.21. The molecule has 0 saturated heterocycles. The average Bonchev–Trinajstić information content (AvgIpc) is 3.48. The molecule has 2 N–H and O–H groups in total. The molecule has 39 heavy (non-hydrogen) atoms. The summed E-state index contributed by atoms with van der Waals surface area (Å²) in [5.41, 5.74) is 4.33. The van der Waals surface area contributed by atoms with E-state index in [1.54, 1.807) is 19.3 Å². The number of ether oxygens (including phenoxy) is 1. The highest BCUT2D eigenvalue weighted by Crippen LogP contribution is 2.65. The summed E-state index contributed by atoms with van der Waals surface area (Å²) in [7, 11) is 1.62. The molecule has 8 heteroatoms. The minimum atomic E-state index is -0.577. The summed E-state index contributed by atoms with van der Waals surface area (Å²) in [6, 6.07) is 14.5. The smallest absolute Gasteiger partial charge is 0.235 e. The number of anilines is 1. The van der Waals surface area contributed by atoms with Gasteiger partial charge in [-0.3, -0.25) is 14.8 Å². The molecule has 200 valence electrons. The van der Waals surface area contributed by atoms with E-state index in [0.29, 0.717) is 11.3 Å². The van der Waals surface area contributed by atoms with Crippen molar-refractivity contribution in [3.8, 4) is 5.75 Å². The fourth-order valence-corrected chi connectivity index (χ4v) is 5.82. The van der Waals surface area contributed by atoms with Crippen molar-refractivity contribution in [1.82, 2.24) is 15.1 Å². The molecule has 0 bridgehead atoms. The number of benzene rings is 3. The first kappa shape index (κ1) is 25.2. The van der Waals surface area contributed by atoms with E-state index < -0.39 is 17.0 Å². The van der Waals surface area contributed by atoms with Crippen LogP contribution in [0.5, 0.6) is 5.75 Å². The molecular formula is C31H30F2N4O2. The largest absolute Gasteiger partial charge is 0.497 e. The molecule has 1 amide bonds. The second kappa shape index (κ2) is 9.61. The zero-order chi connectivity index (χ0) is 27.3. The Hall–Kier alpha value is -4.04. The van der Waals surface area contributed by atoms with Crippen molar-refractivity contribution >= 4 is 34.6 Å². The van der Waals surface area contributed by atoms with Crippen molar-refractivity contribution in [2.45, 2.75) is 38.1 Å². The van der Waals surface area contributed by atoms with Gasteiger partial charge in [0, 0.05) is 29.1 Å². The number of amides is 1. The zero-order valence-corrected chi connectivity index (χ0v) is 22.1. The molecule has 3 aromatic carbocycles. The van der Waals surface area contributed by atoms with E-state index in [9.17, 15) is 13.6 Å². The molecule has 6 nitrogen and oxygen atoms in total. The number of aromatic amines is 1. The molecule has 1 aliphatic heterocycles. The Morgan fingerprint density at radius 1 is 1.08 bits per heavy atom. The van der Waals surface area contributed by atoms with E-state index in [4.69, 9.17) is 4.74 Å². The molecule has 1 fully saturated rings. The minimum Gasteiger partial charge on any atom is -0.497 e. The summed E-state index contributed by atoms with van der Waals surface area (Å²) in [5, 5.41) is 11.4. The van der Waals surface area contributed by atoms with Crippen LogP contribution >= 0.6 is 0 Å². The Morgan fingerprint density at radius 3 is 2.56 bits per heavy atom. The second-order valence-corrected chi connectivity index (χ2v) is 10.3. The Bertz CT molecular complexity index is 1600. The summed E-state index contributed by atoms with van der Waals surface area (Å²) in [6.45, 7) is 5.63. The van der Waals surface area contributed by atoms with Crippen LogP contribution in [-0.2, 0) is 16.8 Å². The Labute approximate surface area is 225 Å². The van der Waals surface area contributed by atoms with Crippen LogP contribution in [0.25, 0.3) is 23.1 Å². The lowest BCUT2D eigenvalue weighted by molar-refractivity contribution is -0.118. The molecule has 1 aliphatic carbocycles. The number of fused-ring (bicyclic) bond motifs is 3. The second-order valence-electron chi connectivity index (χ2n) is 10.3. The number of rotatable bonds is 8. The van der Waals surface area contributed by atoms with Gasteiger partial charge in [0.25, 0.3) is 0 Å². The van der Waals surface area contributed by atoms with Gasteiger partial charge < -0.3 is 10.1 Å². The molecule has 2 heterocycles. The van der Waals surface area contributed by atoms with Crippen LogP contribution in [0.15, 0.2) is 48.5 Å². The van der Waals surface area contributed by atoms with E-state index in [2.05, 4.69) is 15.5 Å². The summed E-state index contributed by atoms with van der Waals surface area (Å²) in [5.74, 6) is -0.294. The van der Waals surface area contributed by atoms with Gasteiger partial charge in [0.1, 0.15) is 17.4 Å². The lowest BCUT2D eigenvalue weighted by Gasteiger charge is -2.19. The predicted molar refractivity (Wildman–Crippen MR) is 149 cm³/mol. The van der Waals surface area contributed by atoms with Crippen molar-refractivity contribution in [3.63, 3.8) is 0 Å². The number of aromatic nitrogens is 2. The molecule has 6 rings (SSSR count). The van der Waals surface area contributed by atoms with Crippen molar-refractivity contribution in [1.29, 1.82) is 0 Å². The van der Waals surface area contributed by atoms with Gasteiger partial charge in [-0.2, -0.15) is 5.10 Å². The standard InChI is InChI=1S/C31H30F2N4O2/c1-4-37(5-2)17-22-25(32)12-18(13-26(22)33)6-10-27-21-9-7-19(14-29(21)36-35-27)24-16-31(24)23-15-20(39-3)8-11-28(23)34-30(31)38/h6-15,24H,4-5,16-17H2,1-3H3,(H,34,38)(H,35,36)/b10-6+/t24-,31?/m0/s1. The van der Waals surface area contributed by atoms with Crippen LogP contribution in [0.3, 0.4) is 0 Å². The number of nitrogens with one attached hydrogen (secondary N) is 2. The average molecular weight is 529 g/mol. The van der Waals surface area contributed by atoms with Crippen LogP contribution in [0, 0.1) is 11.6 Å².